The number of aliphatic imine (C=N–C) groups is 1. The van der Waals surface area contributed by atoms with E-state index >= 15 is 0 Å². The number of imide groups is 1. The van der Waals surface area contributed by atoms with Gasteiger partial charge in [-0.1, -0.05) is 24.3 Å². The average Bonchev–Trinajstić information content (AvgIpc) is 3.22. The first-order valence-electron chi connectivity index (χ1n) is 14.0. The summed E-state index contributed by atoms with van der Waals surface area (Å²) in [7, 11) is 3.77. The van der Waals surface area contributed by atoms with Crippen molar-refractivity contribution in [2.75, 3.05) is 40.4 Å². The van der Waals surface area contributed by atoms with Crippen LogP contribution in [-0.4, -0.2) is 84.6 Å². The fraction of sp³-hybridized carbons (Fsp3) is 0.387. The Balaban J connectivity index is 1.60. The average molecular weight is 591 g/mol. The molecule has 2 aromatic rings. The molecule has 2 unspecified atom stereocenters. The molecule has 0 aromatic heterocycles. The molecule has 0 bridgehead atoms. The van der Waals surface area contributed by atoms with Crippen molar-refractivity contribution in [2.45, 2.75) is 32.6 Å². The summed E-state index contributed by atoms with van der Waals surface area (Å²) < 4.78 is 11.0. The molecule has 226 valence electrons. The quantitative estimate of drug-likeness (QED) is 0.118. The summed E-state index contributed by atoms with van der Waals surface area (Å²) in [5.41, 5.74) is 1.78. The molecule has 12 heteroatoms. The van der Waals surface area contributed by atoms with E-state index in [1.54, 1.807) is 44.2 Å². The van der Waals surface area contributed by atoms with Crippen LogP contribution in [0.25, 0.3) is 0 Å². The van der Waals surface area contributed by atoms with Crippen LogP contribution in [0.4, 0.5) is 5.69 Å². The molecule has 0 fully saturated rings. The Morgan fingerprint density at radius 1 is 1.05 bits per heavy atom. The summed E-state index contributed by atoms with van der Waals surface area (Å²) in [6.07, 6.45) is 0.589. The van der Waals surface area contributed by atoms with Crippen molar-refractivity contribution in [1.29, 1.82) is 0 Å². The van der Waals surface area contributed by atoms with E-state index in [0.29, 0.717) is 41.1 Å². The lowest BCUT2D eigenvalue weighted by atomic mass is 9.74. The summed E-state index contributed by atoms with van der Waals surface area (Å²) in [4.78, 5) is 71.1. The van der Waals surface area contributed by atoms with Crippen LogP contribution >= 0.6 is 0 Å². The van der Waals surface area contributed by atoms with E-state index in [-0.39, 0.29) is 37.4 Å². The van der Waals surface area contributed by atoms with Crippen molar-refractivity contribution in [3.05, 3.63) is 86.6 Å². The zero-order valence-corrected chi connectivity index (χ0v) is 24.6. The van der Waals surface area contributed by atoms with Crippen LogP contribution in [0.1, 0.15) is 58.9 Å². The Morgan fingerprint density at radius 3 is 2.33 bits per heavy atom. The van der Waals surface area contributed by atoms with Crippen molar-refractivity contribution >= 4 is 35.2 Å². The molecule has 2 aliphatic heterocycles. The van der Waals surface area contributed by atoms with Crippen LogP contribution in [0, 0.1) is 16.0 Å². The van der Waals surface area contributed by atoms with Gasteiger partial charge in [-0.15, -0.1) is 0 Å². The summed E-state index contributed by atoms with van der Waals surface area (Å²) in [6, 6.07) is 12.4. The number of non-ortho nitro benzene ring substituents is 1. The van der Waals surface area contributed by atoms with Gasteiger partial charge >= 0.3 is 11.9 Å². The highest BCUT2D eigenvalue weighted by Crippen LogP contribution is 2.41. The second-order valence-electron chi connectivity index (χ2n) is 10.5. The molecule has 0 saturated heterocycles. The molecule has 0 spiro atoms. The van der Waals surface area contributed by atoms with Gasteiger partial charge in [0.15, 0.2) is 0 Å². The number of rotatable bonds is 12. The Kier molecular flexibility index (Phi) is 9.81. The van der Waals surface area contributed by atoms with Crippen molar-refractivity contribution in [2.24, 2.45) is 10.9 Å². The number of amides is 2. The first kappa shape index (κ1) is 31.2. The van der Waals surface area contributed by atoms with Gasteiger partial charge in [0.2, 0.25) is 0 Å². The van der Waals surface area contributed by atoms with Crippen LogP contribution in [0.15, 0.2) is 64.8 Å². The lowest BCUT2D eigenvalue weighted by Gasteiger charge is -2.33. The number of nitro groups is 1. The number of fused-ring (bicyclic) bond motifs is 1. The Labute approximate surface area is 249 Å². The van der Waals surface area contributed by atoms with E-state index in [9.17, 15) is 29.3 Å². The number of carbonyl (C=O) groups is 4. The molecule has 43 heavy (non-hydrogen) atoms. The molecule has 2 atom stereocenters. The second-order valence-corrected chi connectivity index (χ2v) is 10.5. The van der Waals surface area contributed by atoms with Gasteiger partial charge in [-0.2, -0.15) is 0 Å². The SMILES string of the molecule is CCOC(=O)C1C(CCN(C)C)=NC(C)=C(C(=O)OCCCN2C(=O)c3ccccc3C2=O)C1c1cccc([N+](=O)[O-])c1. The number of nitro benzene ring substituents is 1. The van der Waals surface area contributed by atoms with Crippen LogP contribution in [0.5, 0.6) is 0 Å². The normalized spacial score (nSPS) is 18.1. The highest BCUT2D eigenvalue weighted by Gasteiger charge is 2.44. The molecular weight excluding hydrogens is 556 g/mol. The number of benzene rings is 2. The number of allylic oxidation sites excluding steroid dienone is 1. The van der Waals surface area contributed by atoms with E-state index in [2.05, 4.69) is 4.99 Å². The number of nitrogens with zero attached hydrogens (tertiary/aromatic N) is 4. The van der Waals surface area contributed by atoms with Gasteiger partial charge < -0.3 is 14.4 Å². The van der Waals surface area contributed by atoms with Crippen LogP contribution in [0.3, 0.4) is 0 Å². The zero-order chi connectivity index (χ0) is 31.3. The van der Waals surface area contributed by atoms with Crippen LogP contribution in [0.2, 0.25) is 0 Å². The fourth-order valence-corrected chi connectivity index (χ4v) is 5.36. The fourth-order valence-electron chi connectivity index (χ4n) is 5.36. The lowest BCUT2D eigenvalue weighted by Crippen LogP contribution is -2.39. The minimum atomic E-state index is -1.01. The van der Waals surface area contributed by atoms with Crippen molar-refractivity contribution in [1.82, 2.24) is 9.80 Å². The molecule has 0 N–H and O–H groups in total. The topological polar surface area (TPSA) is 149 Å². The number of esters is 2. The van der Waals surface area contributed by atoms with Crippen LogP contribution < -0.4 is 0 Å². The predicted octanol–water partition coefficient (Wildman–Crippen LogP) is 3.77. The molecule has 0 aliphatic carbocycles. The number of ether oxygens (including phenoxy) is 2. The minimum Gasteiger partial charge on any atom is -0.465 e. The summed E-state index contributed by atoms with van der Waals surface area (Å²) in [5, 5.41) is 11.6. The Bertz CT molecular complexity index is 1480. The highest BCUT2D eigenvalue weighted by molar-refractivity contribution is 6.21. The number of hydrogen-bond donors (Lipinski definition) is 0. The van der Waals surface area contributed by atoms with Crippen molar-refractivity contribution in [3.8, 4) is 0 Å². The zero-order valence-electron chi connectivity index (χ0n) is 24.6. The van der Waals surface area contributed by atoms with E-state index in [1.165, 1.54) is 18.2 Å². The van der Waals surface area contributed by atoms with Gasteiger partial charge in [-0.3, -0.25) is 34.4 Å². The molecule has 2 aromatic carbocycles. The van der Waals surface area contributed by atoms with Crippen molar-refractivity contribution in [3.63, 3.8) is 0 Å². The molecule has 0 saturated carbocycles. The largest absolute Gasteiger partial charge is 0.465 e. The van der Waals surface area contributed by atoms with Gasteiger partial charge in [0.05, 0.1) is 34.8 Å². The highest BCUT2D eigenvalue weighted by atomic mass is 16.6. The first-order chi connectivity index (χ1) is 20.5. The van der Waals surface area contributed by atoms with Gasteiger partial charge in [0.1, 0.15) is 5.92 Å². The maximum Gasteiger partial charge on any atom is 0.336 e. The second kappa shape index (κ2) is 13.5. The van der Waals surface area contributed by atoms with E-state index in [0.717, 1.165) is 4.90 Å². The smallest absolute Gasteiger partial charge is 0.336 e. The molecule has 2 aliphatic rings. The minimum absolute atomic E-state index is 0.0459. The lowest BCUT2D eigenvalue weighted by molar-refractivity contribution is -0.384. The molecule has 2 heterocycles. The summed E-state index contributed by atoms with van der Waals surface area (Å²) in [5.74, 6) is -4.11. The maximum absolute atomic E-state index is 13.6. The van der Waals surface area contributed by atoms with E-state index < -0.39 is 40.5 Å². The third-order valence-electron chi connectivity index (χ3n) is 7.36. The van der Waals surface area contributed by atoms with Gasteiger partial charge in [0, 0.05) is 42.5 Å². The summed E-state index contributed by atoms with van der Waals surface area (Å²) >= 11 is 0. The van der Waals surface area contributed by atoms with Gasteiger partial charge in [-0.25, -0.2) is 4.79 Å². The maximum atomic E-state index is 13.6. The molecular formula is C31H34N4O8. The predicted molar refractivity (Wildman–Crippen MR) is 157 cm³/mol. The third-order valence-corrected chi connectivity index (χ3v) is 7.36. The van der Waals surface area contributed by atoms with Crippen molar-refractivity contribution < 1.29 is 33.6 Å². The number of hydrogen-bond acceptors (Lipinski definition) is 10. The Morgan fingerprint density at radius 2 is 1.72 bits per heavy atom. The van der Waals surface area contributed by atoms with Gasteiger partial charge in [-0.05, 0) is 58.5 Å². The molecule has 2 amide bonds. The molecule has 0 radical (unpaired) electrons. The number of carbonyl (C=O) groups excluding carboxylic acids is 4. The summed E-state index contributed by atoms with van der Waals surface area (Å²) in [6.45, 7) is 3.90. The van der Waals surface area contributed by atoms with E-state index in [1.807, 2.05) is 19.0 Å². The molecule has 12 nitrogen and oxygen atoms in total. The van der Waals surface area contributed by atoms with Gasteiger partial charge in [0.25, 0.3) is 17.5 Å². The van der Waals surface area contributed by atoms with E-state index in [4.69, 9.17) is 9.47 Å². The Hall–Kier alpha value is -4.71. The first-order valence-corrected chi connectivity index (χ1v) is 14.0. The molecule has 4 rings (SSSR count). The third kappa shape index (κ3) is 6.69. The standard InChI is InChI=1S/C31H34N4O8/c1-5-42-31(39)27-24(14-16-33(3)4)32-19(2)25(26(27)20-10-8-11-21(18-20)35(40)41)30(38)43-17-9-15-34-28(36)22-12-6-7-13-23(22)29(34)37/h6-8,10-13,18,26-27H,5,9,14-17H2,1-4H3. The monoisotopic (exact) mass is 590 g/mol. The van der Waals surface area contributed by atoms with Crippen LogP contribution in [-0.2, 0) is 19.1 Å².